The van der Waals surface area contributed by atoms with E-state index in [4.69, 9.17) is 16.3 Å². The van der Waals surface area contributed by atoms with Crippen LogP contribution in [-0.2, 0) is 10.6 Å². The van der Waals surface area contributed by atoms with Crippen molar-refractivity contribution in [3.63, 3.8) is 0 Å². The Kier molecular flexibility index (Phi) is 5.08. The maximum absolute atomic E-state index is 12.8. The lowest BCUT2D eigenvalue weighted by atomic mass is 10.2. The van der Waals surface area contributed by atoms with E-state index in [2.05, 4.69) is 10.3 Å². The molecule has 0 bridgehead atoms. The molecule has 0 aliphatic heterocycles. The number of aromatic nitrogens is 3. The Morgan fingerprint density at radius 3 is 2.69 bits per heavy atom. The maximum atomic E-state index is 12.8. The molecule has 7 heteroatoms. The molecule has 1 unspecified atom stereocenters. The van der Waals surface area contributed by atoms with Crippen LogP contribution in [0, 0.1) is 0 Å². The molecule has 0 aromatic carbocycles. The van der Waals surface area contributed by atoms with Crippen molar-refractivity contribution in [2.45, 2.75) is 31.7 Å². The van der Waals surface area contributed by atoms with Gasteiger partial charge in [-0.05, 0) is 13.3 Å². The summed E-state index contributed by atoms with van der Waals surface area (Å²) in [5.74, 6) is -0.0589. The molecule has 16 heavy (non-hydrogen) atoms. The zero-order chi connectivity index (χ0) is 12.1. The van der Waals surface area contributed by atoms with Gasteiger partial charge in [0.2, 0.25) is 0 Å². The molecular formula is C9H14ClF2N3O. The van der Waals surface area contributed by atoms with Gasteiger partial charge in [0.15, 0.2) is 0 Å². The van der Waals surface area contributed by atoms with Crippen LogP contribution < -0.4 is 0 Å². The van der Waals surface area contributed by atoms with Gasteiger partial charge in [-0.2, -0.15) is 0 Å². The Balaban J connectivity index is 2.90. The summed E-state index contributed by atoms with van der Waals surface area (Å²) in [6.45, 7) is 2.28. The Morgan fingerprint density at radius 2 is 2.19 bits per heavy atom. The SMILES string of the molecule is COCCC(C)n1nnc(CCl)c1C(F)F. The fourth-order valence-electron chi connectivity index (χ4n) is 1.39. The number of rotatable bonds is 6. The minimum atomic E-state index is -2.62. The average Bonchev–Trinajstić information content (AvgIpc) is 2.69. The monoisotopic (exact) mass is 253 g/mol. The van der Waals surface area contributed by atoms with E-state index in [0.29, 0.717) is 13.0 Å². The Labute approximate surface area is 97.5 Å². The molecule has 0 aliphatic carbocycles. The maximum Gasteiger partial charge on any atom is 0.281 e. The summed E-state index contributed by atoms with van der Waals surface area (Å²) in [5.41, 5.74) is -0.0560. The molecule has 1 aromatic rings. The van der Waals surface area contributed by atoms with Crippen molar-refractivity contribution in [1.29, 1.82) is 0 Å². The number of halogens is 3. The van der Waals surface area contributed by atoms with E-state index in [9.17, 15) is 8.78 Å². The van der Waals surface area contributed by atoms with Crippen molar-refractivity contribution in [1.82, 2.24) is 15.0 Å². The first-order chi connectivity index (χ1) is 7.61. The van der Waals surface area contributed by atoms with Gasteiger partial charge in [-0.25, -0.2) is 13.5 Å². The van der Waals surface area contributed by atoms with Gasteiger partial charge >= 0.3 is 0 Å². The van der Waals surface area contributed by atoms with Gasteiger partial charge in [0.1, 0.15) is 11.4 Å². The van der Waals surface area contributed by atoms with Crippen LogP contribution in [0.15, 0.2) is 0 Å². The van der Waals surface area contributed by atoms with Gasteiger partial charge in [-0.3, -0.25) is 0 Å². The van der Waals surface area contributed by atoms with E-state index < -0.39 is 6.43 Å². The van der Waals surface area contributed by atoms with E-state index in [-0.39, 0.29) is 23.3 Å². The fourth-order valence-corrected chi connectivity index (χ4v) is 1.58. The molecular weight excluding hydrogens is 240 g/mol. The first-order valence-electron chi connectivity index (χ1n) is 4.88. The highest BCUT2D eigenvalue weighted by atomic mass is 35.5. The van der Waals surface area contributed by atoms with Crippen LogP contribution in [0.3, 0.4) is 0 Å². The standard InChI is InChI=1S/C9H14ClF2N3O/c1-6(3-4-16-2)15-8(9(11)12)7(5-10)13-14-15/h6,9H,3-5H2,1-2H3. The molecule has 92 valence electrons. The summed E-state index contributed by atoms with van der Waals surface area (Å²) in [6.07, 6.45) is -2.02. The highest BCUT2D eigenvalue weighted by Gasteiger charge is 2.23. The molecule has 0 aliphatic rings. The van der Waals surface area contributed by atoms with Crippen molar-refractivity contribution in [3.05, 3.63) is 11.4 Å². The van der Waals surface area contributed by atoms with Gasteiger partial charge in [-0.1, -0.05) is 5.21 Å². The van der Waals surface area contributed by atoms with Gasteiger partial charge < -0.3 is 4.74 Å². The number of hydrogen-bond acceptors (Lipinski definition) is 3. The first kappa shape index (κ1) is 13.3. The zero-order valence-corrected chi connectivity index (χ0v) is 9.92. The third-order valence-corrected chi connectivity index (χ3v) is 2.55. The van der Waals surface area contributed by atoms with Crippen LogP contribution >= 0.6 is 11.6 Å². The van der Waals surface area contributed by atoms with Crippen LogP contribution in [0.2, 0.25) is 0 Å². The van der Waals surface area contributed by atoms with E-state index in [0.717, 1.165) is 0 Å². The molecule has 0 saturated heterocycles. The summed E-state index contributed by atoms with van der Waals surface area (Å²) in [6, 6.07) is -0.187. The normalized spacial score (nSPS) is 13.4. The Hall–Kier alpha value is -0.750. The molecule has 0 fully saturated rings. The van der Waals surface area contributed by atoms with E-state index in [1.807, 2.05) is 0 Å². The van der Waals surface area contributed by atoms with Crippen molar-refractivity contribution in [3.8, 4) is 0 Å². The van der Waals surface area contributed by atoms with E-state index >= 15 is 0 Å². The zero-order valence-electron chi connectivity index (χ0n) is 9.16. The van der Waals surface area contributed by atoms with E-state index in [1.54, 1.807) is 14.0 Å². The molecule has 0 spiro atoms. The summed E-state index contributed by atoms with van der Waals surface area (Å²) >= 11 is 5.52. The summed E-state index contributed by atoms with van der Waals surface area (Å²) in [5, 5.41) is 7.35. The molecule has 1 aromatic heterocycles. The van der Waals surface area contributed by atoms with Crippen molar-refractivity contribution >= 4 is 11.6 Å². The predicted octanol–water partition coefficient (Wildman–Crippen LogP) is 2.55. The second kappa shape index (κ2) is 6.10. The van der Waals surface area contributed by atoms with Crippen molar-refractivity contribution in [2.75, 3.05) is 13.7 Å². The third kappa shape index (κ3) is 2.89. The predicted molar refractivity (Wildman–Crippen MR) is 55.7 cm³/mol. The lowest BCUT2D eigenvalue weighted by Gasteiger charge is -2.14. The molecule has 0 amide bonds. The number of ether oxygens (including phenoxy) is 1. The topological polar surface area (TPSA) is 39.9 Å². The number of alkyl halides is 3. The number of methoxy groups -OCH3 is 1. The second-order valence-corrected chi connectivity index (χ2v) is 3.70. The molecule has 0 saturated carbocycles. The first-order valence-corrected chi connectivity index (χ1v) is 5.42. The number of nitrogens with zero attached hydrogens (tertiary/aromatic N) is 3. The second-order valence-electron chi connectivity index (χ2n) is 3.43. The summed E-state index contributed by atoms with van der Waals surface area (Å²) in [4.78, 5) is 0. The van der Waals surface area contributed by atoms with Gasteiger partial charge in [0.25, 0.3) is 6.43 Å². The largest absolute Gasteiger partial charge is 0.385 e. The highest BCUT2D eigenvalue weighted by Crippen LogP contribution is 2.26. The average molecular weight is 254 g/mol. The minimum absolute atomic E-state index is 0.0589. The van der Waals surface area contributed by atoms with Gasteiger partial charge in [0.05, 0.1) is 11.9 Å². The van der Waals surface area contributed by atoms with Crippen LogP contribution in [0.5, 0.6) is 0 Å². The molecule has 1 atom stereocenters. The van der Waals surface area contributed by atoms with E-state index in [1.165, 1.54) is 4.68 Å². The minimum Gasteiger partial charge on any atom is -0.385 e. The quantitative estimate of drug-likeness (QED) is 0.732. The van der Waals surface area contributed by atoms with Gasteiger partial charge in [0, 0.05) is 13.7 Å². The molecule has 1 heterocycles. The van der Waals surface area contributed by atoms with Gasteiger partial charge in [-0.15, -0.1) is 16.7 Å². The van der Waals surface area contributed by atoms with Crippen molar-refractivity contribution < 1.29 is 13.5 Å². The molecule has 0 N–H and O–H groups in total. The van der Waals surface area contributed by atoms with Crippen LogP contribution in [-0.4, -0.2) is 28.7 Å². The molecule has 0 radical (unpaired) electrons. The lowest BCUT2D eigenvalue weighted by Crippen LogP contribution is -2.13. The molecule has 4 nitrogen and oxygen atoms in total. The fraction of sp³-hybridized carbons (Fsp3) is 0.778. The smallest absolute Gasteiger partial charge is 0.281 e. The third-order valence-electron chi connectivity index (χ3n) is 2.29. The lowest BCUT2D eigenvalue weighted by molar-refractivity contribution is 0.130. The number of hydrogen-bond donors (Lipinski definition) is 0. The summed E-state index contributed by atoms with van der Waals surface area (Å²) < 4.78 is 31.7. The summed E-state index contributed by atoms with van der Waals surface area (Å²) in [7, 11) is 1.56. The Morgan fingerprint density at radius 1 is 1.50 bits per heavy atom. The van der Waals surface area contributed by atoms with Crippen LogP contribution in [0.1, 0.15) is 37.2 Å². The highest BCUT2D eigenvalue weighted by molar-refractivity contribution is 6.16. The molecule has 1 rings (SSSR count). The van der Waals surface area contributed by atoms with Crippen LogP contribution in [0.4, 0.5) is 8.78 Å². The van der Waals surface area contributed by atoms with Crippen molar-refractivity contribution in [2.24, 2.45) is 0 Å². The van der Waals surface area contributed by atoms with Crippen LogP contribution in [0.25, 0.3) is 0 Å². The Bertz CT molecular complexity index is 333.